The van der Waals surface area contributed by atoms with Gasteiger partial charge in [0.05, 0.1) is 12.1 Å². The van der Waals surface area contributed by atoms with Gasteiger partial charge in [0, 0.05) is 18.0 Å². The molecule has 0 aromatic carbocycles. The Kier molecular flexibility index (Phi) is 2.75. The summed E-state index contributed by atoms with van der Waals surface area (Å²) in [6.45, 7) is 2.05. The van der Waals surface area contributed by atoms with E-state index in [0.29, 0.717) is 0 Å². The van der Waals surface area contributed by atoms with Crippen LogP contribution in [0.25, 0.3) is 0 Å². The second-order valence-electron chi connectivity index (χ2n) is 4.09. The van der Waals surface area contributed by atoms with Crippen LogP contribution in [0.2, 0.25) is 0 Å². The van der Waals surface area contributed by atoms with Crippen LogP contribution in [0.5, 0.6) is 0 Å². The molecule has 82 valence electrons. The molecule has 1 unspecified atom stereocenters. The van der Waals surface area contributed by atoms with Crippen LogP contribution in [0.15, 0.2) is 0 Å². The summed E-state index contributed by atoms with van der Waals surface area (Å²) in [5, 5.41) is 8.82. The first-order valence-corrected chi connectivity index (χ1v) is 5.50. The summed E-state index contributed by atoms with van der Waals surface area (Å²) >= 11 is 0. The molecule has 1 aromatic heterocycles. The van der Waals surface area contributed by atoms with Crippen LogP contribution >= 0.6 is 0 Å². The average molecular weight is 208 g/mol. The molecule has 1 aliphatic carbocycles. The van der Waals surface area contributed by atoms with Gasteiger partial charge in [0.2, 0.25) is 0 Å². The molecule has 0 saturated heterocycles. The van der Waals surface area contributed by atoms with Crippen LogP contribution in [0, 0.1) is 0 Å². The highest BCUT2D eigenvalue weighted by Crippen LogP contribution is 2.32. The lowest BCUT2D eigenvalue weighted by molar-refractivity contribution is -0.137. The molecule has 4 nitrogen and oxygen atoms in total. The van der Waals surface area contributed by atoms with Gasteiger partial charge in [-0.1, -0.05) is 6.92 Å². The number of rotatable bonds is 3. The number of carboxylic acids is 1. The van der Waals surface area contributed by atoms with Gasteiger partial charge in [-0.2, -0.15) is 0 Å². The summed E-state index contributed by atoms with van der Waals surface area (Å²) < 4.78 is 0. The molecule has 2 rings (SSSR count). The van der Waals surface area contributed by atoms with Gasteiger partial charge >= 0.3 is 5.97 Å². The number of fused-ring (bicyclic) bond motifs is 1. The summed E-state index contributed by atoms with van der Waals surface area (Å²) in [5.41, 5.74) is 2.16. The SMILES string of the molecule is CCc1nc2c([nH]1)CCCC2CC(=O)O. The van der Waals surface area contributed by atoms with Crippen molar-refractivity contribution >= 4 is 5.97 Å². The third kappa shape index (κ3) is 2.03. The van der Waals surface area contributed by atoms with Crippen molar-refractivity contribution in [2.24, 2.45) is 0 Å². The standard InChI is InChI=1S/C11H16N2O2/c1-2-9-12-8-5-3-4-7(6-10(14)15)11(8)13-9/h7H,2-6H2,1H3,(H,12,13)(H,14,15). The molecule has 0 amide bonds. The number of aliphatic carboxylic acids is 1. The Bertz CT molecular complexity index is 371. The van der Waals surface area contributed by atoms with Gasteiger partial charge < -0.3 is 10.1 Å². The minimum atomic E-state index is -0.728. The molecule has 0 saturated carbocycles. The first-order valence-electron chi connectivity index (χ1n) is 5.50. The summed E-state index contributed by atoms with van der Waals surface area (Å²) in [5.74, 6) is 0.369. The lowest BCUT2D eigenvalue weighted by Gasteiger charge is -2.18. The van der Waals surface area contributed by atoms with Gasteiger partial charge in [0.1, 0.15) is 5.82 Å². The summed E-state index contributed by atoms with van der Waals surface area (Å²) in [7, 11) is 0. The number of aromatic amines is 1. The number of aromatic nitrogens is 2. The fraction of sp³-hybridized carbons (Fsp3) is 0.636. The fourth-order valence-electron chi connectivity index (χ4n) is 2.25. The molecule has 0 spiro atoms. The van der Waals surface area contributed by atoms with Crippen molar-refractivity contribution in [1.29, 1.82) is 0 Å². The van der Waals surface area contributed by atoms with Gasteiger partial charge in [-0.3, -0.25) is 4.79 Å². The van der Waals surface area contributed by atoms with Crippen LogP contribution in [0.4, 0.5) is 0 Å². The number of nitrogens with one attached hydrogen (secondary N) is 1. The maximum absolute atomic E-state index is 10.7. The van der Waals surface area contributed by atoms with Crippen molar-refractivity contribution in [3.63, 3.8) is 0 Å². The monoisotopic (exact) mass is 208 g/mol. The smallest absolute Gasteiger partial charge is 0.304 e. The Morgan fingerprint density at radius 3 is 3.13 bits per heavy atom. The number of nitrogens with zero attached hydrogens (tertiary/aromatic N) is 1. The van der Waals surface area contributed by atoms with Crippen molar-refractivity contribution in [2.75, 3.05) is 0 Å². The van der Waals surface area contributed by atoms with Gasteiger partial charge in [-0.15, -0.1) is 0 Å². The number of hydrogen-bond donors (Lipinski definition) is 2. The molecule has 2 N–H and O–H groups in total. The van der Waals surface area contributed by atoms with E-state index in [0.717, 1.165) is 42.9 Å². The average Bonchev–Trinajstić information content (AvgIpc) is 2.61. The second-order valence-corrected chi connectivity index (χ2v) is 4.09. The van der Waals surface area contributed by atoms with Crippen LogP contribution in [-0.4, -0.2) is 21.0 Å². The van der Waals surface area contributed by atoms with Crippen molar-refractivity contribution in [3.05, 3.63) is 17.2 Å². The second kappa shape index (κ2) is 4.04. The minimum absolute atomic E-state index is 0.114. The van der Waals surface area contributed by atoms with E-state index in [9.17, 15) is 4.79 Å². The van der Waals surface area contributed by atoms with E-state index in [1.165, 1.54) is 0 Å². The summed E-state index contributed by atoms with van der Waals surface area (Å²) in [4.78, 5) is 18.5. The molecular weight excluding hydrogens is 192 g/mol. The third-order valence-electron chi connectivity index (χ3n) is 2.98. The Balaban J connectivity index is 2.24. The zero-order chi connectivity index (χ0) is 10.8. The quantitative estimate of drug-likeness (QED) is 0.796. The van der Waals surface area contributed by atoms with Crippen LogP contribution in [0.1, 0.15) is 49.3 Å². The predicted octanol–water partition coefficient (Wildman–Crippen LogP) is 1.87. The molecule has 1 aliphatic rings. The zero-order valence-corrected chi connectivity index (χ0v) is 8.92. The number of carbonyl (C=O) groups is 1. The van der Waals surface area contributed by atoms with Crippen LogP contribution in [-0.2, 0) is 17.6 Å². The number of H-pyrrole nitrogens is 1. The van der Waals surface area contributed by atoms with Gasteiger partial charge in [0.25, 0.3) is 0 Å². The number of hydrogen-bond acceptors (Lipinski definition) is 2. The van der Waals surface area contributed by atoms with Gasteiger partial charge in [-0.05, 0) is 19.3 Å². The van der Waals surface area contributed by atoms with E-state index in [4.69, 9.17) is 5.11 Å². The first kappa shape index (κ1) is 10.2. The van der Waals surface area contributed by atoms with Crippen LogP contribution < -0.4 is 0 Å². The van der Waals surface area contributed by atoms with Crippen molar-refractivity contribution in [1.82, 2.24) is 9.97 Å². The lowest BCUT2D eigenvalue weighted by atomic mass is 9.88. The predicted molar refractivity (Wildman–Crippen MR) is 55.9 cm³/mol. The summed E-state index contributed by atoms with van der Waals surface area (Å²) in [6.07, 6.45) is 4.12. The van der Waals surface area contributed by atoms with Crippen molar-refractivity contribution in [3.8, 4) is 0 Å². The largest absolute Gasteiger partial charge is 0.481 e. The van der Waals surface area contributed by atoms with E-state index in [1.54, 1.807) is 0 Å². The van der Waals surface area contributed by atoms with Crippen molar-refractivity contribution < 1.29 is 9.90 Å². The van der Waals surface area contributed by atoms with Crippen LogP contribution in [0.3, 0.4) is 0 Å². The molecular formula is C11H16N2O2. The number of imidazole rings is 1. The molecule has 1 heterocycles. The Morgan fingerprint density at radius 1 is 1.67 bits per heavy atom. The number of carboxylic acid groups (broad SMARTS) is 1. The normalized spacial score (nSPS) is 19.9. The highest BCUT2D eigenvalue weighted by Gasteiger charge is 2.25. The maximum atomic E-state index is 10.7. The van der Waals surface area contributed by atoms with Gasteiger partial charge in [0.15, 0.2) is 0 Å². The molecule has 0 fully saturated rings. The van der Waals surface area contributed by atoms with Crippen molar-refractivity contribution in [2.45, 2.75) is 44.9 Å². The molecule has 0 aliphatic heterocycles. The fourth-order valence-corrected chi connectivity index (χ4v) is 2.25. The molecule has 0 bridgehead atoms. The maximum Gasteiger partial charge on any atom is 0.304 e. The zero-order valence-electron chi connectivity index (χ0n) is 8.92. The first-order chi connectivity index (χ1) is 7.20. The third-order valence-corrected chi connectivity index (χ3v) is 2.98. The highest BCUT2D eigenvalue weighted by atomic mass is 16.4. The molecule has 1 atom stereocenters. The molecule has 1 aromatic rings. The van der Waals surface area contributed by atoms with E-state index in [-0.39, 0.29) is 12.3 Å². The van der Waals surface area contributed by atoms with E-state index >= 15 is 0 Å². The molecule has 4 heteroatoms. The Morgan fingerprint density at radius 2 is 2.47 bits per heavy atom. The summed E-state index contributed by atoms with van der Waals surface area (Å²) in [6, 6.07) is 0. The van der Waals surface area contributed by atoms with Gasteiger partial charge in [-0.25, -0.2) is 4.98 Å². The minimum Gasteiger partial charge on any atom is -0.481 e. The number of aryl methyl sites for hydroxylation is 2. The topological polar surface area (TPSA) is 66.0 Å². The van der Waals surface area contributed by atoms with E-state index < -0.39 is 5.97 Å². The highest BCUT2D eigenvalue weighted by molar-refractivity contribution is 5.68. The Labute approximate surface area is 88.7 Å². The van der Waals surface area contributed by atoms with E-state index in [1.807, 2.05) is 0 Å². The molecule has 0 radical (unpaired) electrons. The van der Waals surface area contributed by atoms with E-state index in [2.05, 4.69) is 16.9 Å². The lowest BCUT2D eigenvalue weighted by Crippen LogP contribution is -2.13. The Hall–Kier alpha value is -1.32. The molecule has 15 heavy (non-hydrogen) atoms.